The molecule has 2 fully saturated rings. The zero-order valence-electron chi connectivity index (χ0n) is 17.8. The fraction of sp³-hybridized carbons (Fsp3) is 0.577. The Morgan fingerprint density at radius 2 is 1.39 bits per heavy atom. The summed E-state index contributed by atoms with van der Waals surface area (Å²) in [7, 11) is 4.45. The molecule has 2 heteroatoms. The first-order valence-electron chi connectivity index (χ1n) is 11.5. The van der Waals surface area contributed by atoms with E-state index in [1.165, 1.54) is 69.8 Å². The Morgan fingerprint density at radius 3 is 1.93 bits per heavy atom. The average Bonchev–Trinajstić information content (AvgIpc) is 3.19. The highest BCUT2D eigenvalue weighted by molar-refractivity contribution is 7.63. The quantitative estimate of drug-likeness (QED) is 0.452. The van der Waals surface area contributed by atoms with Gasteiger partial charge < -0.3 is 4.90 Å². The van der Waals surface area contributed by atoms with Crippen LogP contribution in [0.3, 0.4) is 0 Å². The topological polar surface area (TPSA) is 3.24 Å². The van der Waals surface area contributed by atoms with Crippen molar-refractivity contribution >= 4 is 7.92 Å². The largest absolute Gasteiger partial charge is 0.301 e. The van der Waals surface area contributed by atoms with E-state index in [9.17, 15) is 0 Å². The lowest BCUT2D eigenvalue weighted by Crippen LogP contribution is -2.28. The number of benzene rings is 1. The molecule has 0 amide bonds. The average molecular weight is 395 g/mol. The molecule has 0 aliphatic heterocycles. The molecule has 0 saturated heterocycles. The monoisotopic (exact) mass is 394 g/mol. The van der Waals surface area contributed by atoms with Gasteiger partial charge in [-0.2, -0.15) is 0 Å². The Hall–Kier alpha value is -0.910. The highest BCUT2D eigenvalue weighted by Gasteiger charge is 2.39. The molecule has 4 rings (SSSR count). The Morgan fingerprint density at radius 1 is 0.821 bits per heavy atom. The van der Waals surface area contributed by atoms with Gasteiger partial charge in [0.25, 0.3) is 0 Å². The second kappa shape index (κ2) is 9.73. The smallest absolute Gasteiger partial charge is 0.0487 e. The molecule has 1 aromatic rings. The maximum absolute atomic E-state index is 2.52. The normalized spacial score (nSPS) is 23.5. The van der Waals surface area contributed by atoms with Crippen LogP contribution < -0.4 is 0 Å². The Bertz CT molecular complexity index is 647. The van der Waals surface area contributed by atoms with Crippen LogP contribution in [0.25, 0.3) is 0 Å². The first-order valence-corrected chi connectivity index (χ1v) is 13.0. The summed E-state index contributed by atoms with van der Waals surface area (Å²) in [4.78, 5) is 2.42. The molecule has 0 spiro atoms. The van der Waals surface area contributed by atoms with Crippen LogP contribution in [0.5, 0.6) is 0 Å². The maximum atomic E-state index is 2.52. The van der Waals surface area contributed by atoms with Crippen molar-refractivity contribution in [1.29, 1.82) is 0 Å². The Labute approximate surface area is 174 Å². The predicted molar refractivity (Wildman–Crippen MR) is 124 cm³/mol. The van der Waals surface area contributed by atoms with Gasteiger partial charge in [0, 0.05) is 12.0 Å². The molecule has 28 heavy (non-hydrogen) atoms. The van der Waals surface area contributed by atoms with Gasteiger partial charge in [-0.25, -0.2) is 0 Å². The Kier molecular flexibility index (Phi) is 7.08. The summed E-state index contributed by atoms with van der Waals surface area (Å²) in [6.07, 6.45) is 22.0. The second-order valence-electron chi connectivity index (χ2n) is 9.13. The van der Waals surface area contributed by atoms with Crippen LogP contribution in [0, 0.1) is 5.92 Å². The molecule has 0 heterocycles. The molecule has 0 aromatic heterocycles. The van der Waals surface area contributed by atoms with Gasteiger partial charge in [0.1, 0.15) is 0 Å². The molecule has 1 radical (unpaired) electrons. The molecule has 1 atom stereocenters. The van der Waals surface area contributed by atoms with Crippen LogP contribution in [0.1, 0.15) is 75.8 Å². The minimum absolute atomic E-state index is 0.0501. The fourth-order valence-corrected chi connectivity index (χ4v) is 9.67. The standard InChI is InChI=1S/C26H37NP/c1-27(2)26(21-13-6-3-7-14-21)24-19-12-20-25(24)28(22-15-8-4-9-16-22)23-17-10-5-11-18-23/h3,6-7,12-14,19-20,22-23,26H,4-5,8-11,15-18H2,1-2H3/t26-/m1/s1. The molecular weight excluding hydrogens is 357 g/mol. The van der Waals surface area contributed by atoms with Gasteiger partial charge in [0.05, 0.1) is 0 Å². The molecule has 0 bridgehead atoms. The summed E-state index contributed by atoms with van der Waals surface area (Å²) in [6.45, 7) is 0. The molecule has 2 saturated carbocycles. The SMILES string of the molecule is CN(C)[C@@H]([C]1C=CC=C1P(C1CCCCC1)C1CCCCC1)c1ccccc1. The number of hydrogen-bond donors (Lipinski definition) is 0. The molecule has 1 aromatic carbocycles. The van der Waals surface area contributed by atoms with Crippen LogP contribution in [0.2, 0.25) is 0 Å². The lowest BCUT2D eigenvalue weighted by Gasteiger charge is -2.43. The van der Waals surface area contributed by atoms with Gasteiger partial charge in [0.15, 0.2) is 0 Å². The van der Waals surface area contributed by atoms with E-state index in [0.29, 0.717) is 6.04 Å². The van der Waals surface area contributed by atoms with Crippen molar-refractivity contribution in [2.45, 2.75) is 81.6 Å². The van der Waals surface area contributed by atoms with E-state index in [2.05, 4.69) is 67.6 Å². The Balaban J connectivity index is 1.64. The number of rotatable bonds is 6. The maximum Gasteiger partial charge on any atom is 0.0487 e. The second-order valence-corrected chi connectivity index (χ2v) is 11.9. The van der Waals surface area contributed by atoms with E-state index in [0.717, 1.165) is 11.3 Å². The van der Waals surface area contributed by atoms with Crippen LogP contribution in [-0.4, -0.2) is 30.3 Å². The highest BCUT2D eigenvalue weighted by atomic mass is 31.1. The van der Waals surface area contributed by atoms with Crippen molar-refractivity contribution in [2.75, 3.05) is 14.1 Å². The minimum Gasteiger partial charge on any atom is -0.301 e. The zero-order valence-corrected chi connectivity index (χ0v) is 18.7. The van der Waals surface area contributed by atoms with Crippen molar-refractivity contribution in [2.24, 2.45) is 0 Å². The first kappa shape index (κ1) is 20.4. The van der Waals surface area contributed by atoms with Crippen molar-refractivity contribution < 1.29 is 0 Å². The third-order valence-electron chi connectivity index (χ3n) is 6.97. The highest BCUT2D eigenvalue weighted by Crippen LogP contribution is 2.65. The molecule has 0 N–H and O–H groups in total. The summed E-state index contributed by atoms with van der Waals surface area (Å²) < 4.78 is 0. The van der Waals surface area contributed by atoms with Crippen molar-refractivity contribution in [3.63, 3.8) is 0 Å². The molecular formula is C26H37NP. The summed E-state index contributed by atoms with van der Waals surface area (Å²) in [6, 6.07) is 11.5. The number of nitrogens with zero attached hydrogens (tertiary/aromatic N) is 1. The van der Waals surface area contributed by atoms with Crippen LogP contribution in [-0.2, 0) is 0 Å². The molecule has 3 aliphatic carbocycles. The van der Waals surface area contributed by atoms with Gasteiger partial charge in [-0.15, -0.1) is 0 Å². The minimum atomic E-state index is -0.0501. The van der Waals surface area contributed by atoms with E-state index in [4.69, 9.17) is 0 Å². The summed E-state index contributed by atoms with van der Waals surface area (Å²) in [5.41, 5.74) is 3.36. The van der Waals surface area contributed by atoms with E-state index >= 15 is 0 Å². The van der Waals surface area contributed by atoms with Gasteiger partial charge in [-0.05, 0) is 62.0 Å². The van der Waals surface area contributed by atoms with E-state index in [1.807, 2.05) is 0 Å². The molecule has 3 aliphatic rings. The van der Waals surface area contributed by atoms with Crippen molar-refractivity contribution in [3.8, 4) is 0 Å². The van der Waals surface area contributed by atoms with Crippen LogP contribution in [0.4, 0.5) is 0 Å². The van der Waals surface area contributed by atoms with Crippen LogP contribution >= 0.6 is 7.92 Å². The number of hydrogen-bond acceptors (Lipinski definition) is 1. The summed E-state index contributed by atoms with van der Waals surface area (Å²) in [5, 5.41) is 1.75. The van der Waals surface area contributed by atoms with Gasteiger partial charge in [-0.3, -0.25) is 0 Å². The number of allylic oxidation sites excluding steroid dienone is 2. The predicted octanol–water partition coefficient (Wildman–Crippen LogP) is 7.46. The van der Waals surface area contributed by atoms with E-state index in [1.54, 1.807) is 11.2 Å². The van der Waals surface area contributed by atoms with Crippen molar-refractivity contribution in [3.05, 3.63) is 65.4 Å². The lowest BCUT2D eigenvalue weighted by molar-refractivity contribution is 0.324. The van der Waals surface area contributed by atoms with Crippen molar-refractivity contribution in [1.82, 2.24) is 4.90 Å². The summed E-state index contributed by atoms with van der Waals surface area (Å²) in [5.74, 6) is 1.60. The van der Waals surface area contributed by atoms with E-state index < -0.39 is 0 Å². The van der Waals surface area contributed by atoms with E-state index in [-0.39, 0.29) is 7.92 Å². The van der Waals surface area contributed by atoms with Gasteiger partial charge in [-0.1, -0.05) is 95.0 Å². The third kappa shape index (κ3) is 4.47. The van der Waals surface area contributed by atoms with Crippen LogP contribution in [0.15, 0.2) is 53.9 Å². The molecule has 1 nitrogen and oxygen atoms in total. The molecule has 151 valence electrons. The first-order chi connectivity index (χ1) is 13.8. The third-order valence-corrected chi connectivity index (χ3v) is 10.5. The zero-order chi connectivity index (χ0) is 19.3. The van der Waals surface area contributed by atoms with Gasteiger partial charge >= 0.3 is 0 Å². The fourth-order valence-electron chi connectivity index (χ4n) is 5.69. The molecule has 0 unspecified atom stereocenters. The lowest BCUT2D eigenvalue weighted by atomic mass is 9.93. The summed E-state index contributed by atoms with van der Waals surface area (Å²) >= 11 is 0. The van der Waals surface area contributed by atoms with Gasteiger partial charge in [0.2, 0.25) is 0 Å².